The monoisotopic (exact) mass is 373 g/mol. The molecule has 1 heterocycles. The molecule has 0 spiro atoms. The van der Waals surface area contributed by atoms with Crippen LogP contribution in [0.4, 0.5) is 8.78 Å². The molecule has 0 unspecified atom stereocenters. The Morgan fingerprint density at radius 3 is 2.60 bits per heavy atom. The van der Waals surface area contributed by atoms with E-state index in [2.05, 4.69) is 9.84 Å². The molecule has 136 valence electrons. The molecule has 0 aliphatic rings. The summed E-state index contributed by atoms with van der Waals surface area (Å²) >= 11 is 6.11. The third-order valence-electron chi connectivity index (χ3n) is 3.58. The van der Waals surface area contributed by atoms with Gasteiger partial charge in [0.05, 0.1) is 18.4 Å². The van der Waals surface area contributed by atoms with Gasteiger partial charge in [-0.2, -0.15) is 13.9 Å². The van der Waals surface area contributed by atoms with Crippen molar-refractivity contribution in [1.29, 1.82) is 0 Å². The SMILES string of the molecule is COc1ccc(CN(C)C(=O)c2c(C)nn(C)c2Cl)cc1OC(F)F. The first kappa shape index (κ1) is 19.0. The molecule has 0 aliphatic heterocycles. The van der Waals surface area contributed by atoms with Gasteiger partial charge in [-0.15, -0.1) is 0 Å². The minimum atomic E-state index is -2.97. The Bertz CT molecular complexity index is 780. The number of hydrogen-bond donors (Lipinski definition) is 0. The molecule has 0 saturated heterocycles. The Balaban J connectivity index is 2.22. The molecule has 0 saturated carbocycles. The Hall–Kier alpha value is -2.35. The van der Waals surface area contributed by atoms with Crippen LogP contribution in [0.25, 0.3) is 0 Å². The lowest BCUT2D eigenvalue weighted by Crippen LogP contribution is -2.26. The Morgan fingerprint density at radius 2 is 2.08 bits per heavy atom. The zero-order valence-corrected chi connectivity index (χ0v) is 15.0. The second-order valence-electron chi connectivity index (χ2n) is 5.40. The van der Waals surface area contributed by atoms with E-state index in [4.69, 9.17) is 16.3 Å². The van der Waals surface area contributed by atoms with E-state index in [-0.39, 0.29) is 29.1 Å². The van der Waals surface area contributed by atoms with E-state index < -0.39 is 6.61 Å². The smallest absolute Gasteiger partial charge is 0.387 e. The summed E-state index contributed by atoms with van der Waals surface area (Å²) in [5.41, 5.74) is 1.43. The first-order chi connectivity index (χ1) is 11.7. The zero-order valence-electron chi connectivity index (χ0n) is 14.2. The van der Waals surface area contributed by atoms with Crippen LogP contribution in [0.1, 0.15) is 21.6 Å². The average molecular weight is 374 g/mol. The van der Waals surface area contributed by atoms with Crippen molar-refractivity contribution in [3.05, 3.63) is 40.2 Å². The van der Waals surface area contributed by atoms with E-state index in [1.54, 1.807) is 27.1 Å². The number of carbonyl (C=O) groups excluding carboxylic acids is 1. The van der Waals surface area contributed by atoms with Crippen LogP contribution >= 0.6 is 11.6 Å². The van der Waals surface area contributed by atoms with Gasteiger partial charge < -0.3 is 14.4 Å². The standard InChI is InChI=1S/C16H18ClF2N3O3/c1-9-13(14(17)22(3)20-9)15(23)21(2)8-10-5-6-11(24-4)12(7-10)25-16(18)19/h5-7,16H,8H2,1-4H3. The lowest BCUT2D eigenvalue weighted by molar-refractivity contribution is -0.0512. The molecule has 0 radical (unpaired) electrons. The molecular formula is C16H18ClF2N3O3. The number of halogens is 3. The summed E-state index contributed by atoms with van der Waals surface area (Å²) in [6.45, 7) is -1.11. The highest BCUT2D eigenvalue weighted by Crippen LogP contribution is 2.30. The molecule has 6 nitrogen and oxygen atoms in total. The molecule has 2 aromatic rings. The summed E-state index contributed by atoms with van der Waals surface area (Å²) in [6.07, 6.45) is 0. The third kappa shape index (κ3) is 4.19. The molecule has 0 N–H and O–H groups in total. The van der Waals surface area contributed by atoms with Crippen LogP contribution in [-0.4, -0.2) is 41.4 Å². The summed E-state index contributed by atoms with van der Waals surface area (Å²) in [5, 5.41) is 4.35. The Kier molecular flexibility index (Phi) is 5.84. The molecule has 1 aromatic carbocycles. The second kappa shape index (κ2) is 7.69. The normalized spacial score (nSPS) is 10.9. The fraction of sp³-hybridized carbons (Fsp3) is 0.375. The summed E-state index contributed by atoms with van der Waals surface area (Å²) in [6, 6.07) is 4.58. The van der Waals surface area contributed by atoms with Gasteiger partial charge in [-0.1, -0.05) is 17.7 Å². The molecule has 9 heteroatoms. The van der Waals surface area contributed by atoms with Crippen LogP contribution < -0.4 is 9.47 Å². The predicted octanol–water partition coefficient (Wildman–Crippen LogP) is 3.26. The summed E-state index contributed by atoms with van der Waals surface area (Å²) in [4.78, 5) is 14.0. The number of hydrogen-bond acceptors (Lipinski definition) is 4. The summed E-state index contributed by atoms with van der Waals surface area (Å²) in [5.74, 6) is -0.224. The molecule has 0 bridgehead atoms. The highest BCUT2D eigenvalue weighted by Gasteiger charge is 2.22. The molecule has 0 atom stereocenters. The fourth-order valence-corrected chi connectivity index (χ4v) is 2.67. The van der Waals surface area contributed by atoms with Gasteiger partial charge in [0.25, 0.3) is 5.91 Å². The number of rotatable bonds is 6. The first-order valence-corrected chi connectivity index (χ1v) is 7.68. The molecular weight excluding hydrogens is 356 g/mol. The largest absolute Gasteiger partial charge is 0.493 e. The maximum atomic E-state index is 12.6. The number of aromatic nitrogens is 2. The van der Waals surface area contributed by atoms with Crippen LogP contribution in [0, 0.1) is 6.92 Å². The number of ether oxygens (including phenoxy) is 2. The predicted molar refractivity (Wildman–Crippen MR) is 88.4 cm³/mol. The van der Waals surface area contributed by atoms with Crippen LogP contribution in [0.3, 0.4) is 0 Å². The van der Waals surface area contributed by atoms with E-state index in [1.165, 1.54) is 28.8 Å². The van der Waals surface area contributed by atoms with Crippen LogP contribution in [0.2, 0.25) is 5.15 Å². The Labute approximate surface area is 148 Å². The molecule has 1 amide bonds. The minimum absolute atomic E-state index is 0.0913. The highest BCUT2D eigenvalue weighted by molar-refractivity contribution is 6.33. The van der Waals surface area contributed by atoms with Crippen molar-refractivity contribution >= 4 is 17.5 Å². The average Bonchev–Trinajstić information content (AvgIpc) is 2.79. The number of amides is 1. The number of aryl methyl sites for hydroxylation is 2. The molecule has 25 heavy (non-hydrogen) atoms. The van der Waals surface area contributed by atoms with Crippen LogP contribution in [-0.2, 0) is 13.6 Å². The molecule has 1 aromatic heterocycles. The van der Waals surface area contributed by atoms with Crippen molar-refractivity contribution in [1.82, 2.24) is 14.7 Å². The van der Waals surface area contributed by atoms with Gasteiger partial charge >= 0.3 is 6.61 Å². The number of carbonyl (C=O) groups is 1. The second-order valence-corrected chi connectivity index (χ2v) is 5.76. The van der Waals surface area contributed by atoms with Crippen molar-refractivity contribution in [3.8, 4) is 11.5 Å². The van der Waals surface area contributed by atoms with E-state index in [9.17, 15) is 13.6 Å². The maximum Gasteiger partial charge on any atom is 0.387 e. The quantitative estimate of drug-likeness (QED) is 0.779. The Morgan fingerprint density at radius 1 is 1.40 bits per heavy atom. The van der Waals surface area contributed by atoms with Crippen LogP contribution in [0.15, 0.2) is 18.2 Å². The minimum Gasteiger partial charge on any atom is -0.493 e. The lowest BCUT2D eigenvalue weighted by Gasteiger charge is -2.18. The number of alkyl halides is 2. The van der Waals surface area contributed by atoms with Gasteiger partial charge in [-0.3, -0.25) is 9.48 Å². The van der Waals surface area contributed by atoms with Crippen molar-refractivity contribution in [3.63, 3.8) is 0 Å². The van der Waals surface area contributed by atoms with Crippen molar-refractivity contribution in [2.45, 2.75) is 20.1 Å². The number of benzene rings is 1. The van der Waals surface area contributed by atoms with Crippen molar-refractivity contribution in [2.75, 3.05) is 14.2 Å². The maximum absolute atomic E-state index is 12.6. The number of nitrogens with zero attached hydrogens (tertiary/aromatic N) is 3. The highest BCUT2D eigenvalue weighted by atomic mass is 35.5. The van der Waals surface area contributed by atoms with Gasteiger partial charge in [0, 0.05) is 20.6 Å². The molecule has 2 rings (SSSR count). The summed E-state index contributed by atoms with van der Waals surface area (Å²) < 4.78 is 35.9. The van der Waals surface area contributed by atoms with E-state index in [1.807, 2.05) is 0 Å². The van der Waals surface area contributed by atoms with Gasteiger partial charge in [0.15, 0.2) is 11.5 Å². The molecule has 0 aliphatic carbocycles. The van der Waals surface area contributed by atoms with Crippen LogP contribution in [0.5, 0.6) is 11.5 Å². The van der Waals surface area contributed by atoms with Gasteiger partial charge in [-0.25, -0.2) is 0 Å². The van der Waals surface area contributed by atoms with E-state index >= 15 is 0 Å². The van der Waals surface area contributed by atoms with Crippen molar-refractivity contribution in [2.24, 2.45) is 7.05 Å². The topological polar surface area (TPSA) is 56.6 Å². The van der Waals surface area contributed by atoms with Gasteiger partial charge in [0.2, 0.25) is 0 Å². The first-order valence-electron chi connectivity index (χ1n) is 7.30. The van der Waals surface area contributed by atoms with Gasteiger partial charge in [0.1, 0.15) is 5.15 Å². The van der Waals surface area contributed by atoms with Gasteiger partial charge in [-0.05, 0) is 24.6 Å². The lowest BCUT2D eigenvalue weighted by atomic mass is 10.1. The molecule has 0 fully saturated rings. The summed E-state index contributed by atoms with van der Waals surface area (Å²) in [7, 11) is 4.59. The fourth-order valence-electron chi connectivity index (χ4n) is 2.42. The third-order valence-corrected chi connectivity index (χ3v) is 4.01. The van der Waals surface area contributed by atoms with E-state index in [0.29, 0.717) is 16.8 Å². The van der Waals surface area contributed by atoms with Crippen molar-refractivity contribution < 1.29 is 23.0 Å². The zero-order chi connectivity index (χ0) is 18.7. The number of methoxy groups -OCH3 is 1. The van der Waals surface area contributed by atoms with E-state index in [0.717, 1.165) is 0 Å².